The van der Waals surface area contributed by atoms with Gasteiger partial charge in [-0.05, 0) is 57.2 Å². The predicted octanol–water partition coefficient (Wildman–Crippen LogP) is 4.19. The summed E-state index contributed by atoms with van der Waals surface area (Å²) in [6.45, 7) is 5.99. The Hall–Kier alpha value is -3.24. The van der Waals surface area contributed by atoms with Crippen molar-refractivity contribution in [2.75, 3.05) is 18.5 Å². The molecule has 0 aliphatic rings. The lowest BCUT2D eigenvalue weighted by molar-refractivity contribution is -0.123. The van der Waals surface area contributed by atoms with Crippen molar-refractivity contribution in [3.63, 3.8) is 0 Å². The lowest BCUT2D eigenvalue weighted by Crippen LogP contribution is -2.30. The minimum atomic E-state index is -1.06. The van der Waals surface area contributed by atoms with E-state index in [1.807, 2.05) is 19.9 Å². The first-order chi connectivity index (χ1) is 13.9. The molecule has 0 radical (unpaired) electrons. The van der Waals surface area contributed by atoms with Gasteiger partial charge in [0.2, 0.25) is 0 Å². The summed E-state index contributed by atoms with van der Waals surface area (Å²) in [6, 6.07) is 11.1. The molecule has 0 fully saturated rings. The van der Waals surface area contributed by atoms with E-state index in [1.165, 1.54) is 31.2 Å². The van der Waals surface area contributed by atoms with Gasteiger partial charge in [0.25, 0.3) is 5.91 Å². The minimum absolute atomic E-state index is 0.216. The van der Waals surface area contributed by atoms with Crippen molar-refractivity contribution < 1.29 is 23.8 Å². The maximum atomic E-state index is 12.4. The fourth-order valence-electron chi connectivity index (χ4n) is 2.39. The van der Waals surface area contributed by atoms with Crippen LogP contribution in [0.1, 0.15) is 36.7 Å². The second-order valence-corrected chi connectivity index (χ2v) is 6.28. The van der Waals surface area contributed by atoms with E-state index in [9.17, 15) is 9.59 Å². The van der Waals surface area contributed by atoms with Crippen LogP contribution in [0.2, 0.25) is 5.02 Å². The van der Waals surface area contributed by atoms with Crippen molar-refractivity contribution in [3.8, 4) is 17.6 Å². The number of nitrogens with zero attached hydrogens (tertiary/aromatic N) is 1. The molecule has 7 nitrogen and oxygen atoms in total. The second kappa shape index (κ2) is 10.3. The highest BCUT2D eigenvalue weighted by molar-refractivity contribution is 6.32. The van der Waals surface area contributed by atoms with Gasteiger partial charge in [0.1, 0.15) is 6.07 Å². The Morgan fingerprint density at radius 3 is 2.41 bits per heavy atom. The standard InChI is InChI=1S/C21H21ClN2O5/c1-4-27-18-9-7-14(10-19(18)28-5-2)21(26)29-13(3)20(25)24-16-8-6-15(12-23)17(22)11-16/h6-11,13H,4-5H2,1-3H3,(H,24,25). The van der Waals surface area contributed by atoms with Crippen LogP contribution in [0, 0.1) is 11.3 Å². The number of nitriles is 1. The van der Waals surface area contributed by atoms with E-state index in [4.69, 9.17) is 31.1 Å². The third kappa shape index (κ3) is 5.87. The maximum Gasteiger partial charge on any atom is 0.339 e. The zero-order chi connectivity index (χ0) is 21.4. The van der Waals surface area contributed by atoms with Crippen molar-refractivity contribution >= 4 is 29.2 Å². The van der Waals surface area contributed by atoms with Gasteiger partial charge < -0.3 is 19.5 Å². The molecule has 0 bridgehead atoms. The smallest absolute Gasteiger partial charge is 0.339 e. The SMILES string of the molecule is CCOc1ccc(C(=O)OC(C)C(=O)Nc2ccc(C#N)c(Cl)c2)cc1OCC. The number of hydrogen-bond acceptors (Lipinski definition) is 6. The molecule has 0 aromatic heterocycles. The van der Waals surface area contributed by atoms with Crippen LogP contribution in [-0.2, 0) is 9.53 Å². The molecule has 29 heavy (non-hydrogen) atoms. The molecule has 152 valence electrons. The number of ether oxygens (including phenoxy) is 3. The number of esters is 1. The fraction of sp³-hybridized carbons (Fsp3) is 0.286. The highest BCUT2D eigenvalue weighted by Crippen LogP contribution is 2.29. The monoisotopic (exact) mass is 416 g/mol. The highest BCUT2D eigenvalue weighted by Gasteiger charge is 2.20. The quantitative estimate of drug-likeness (QED) is 0.648. The van der Waals surface area contributed by atoms with Crippen LogP contribution in [0.15, 0.2) is 36.4 Å². The van der Waals surface area contributed by atoms with Gasteiger partial charge in [-0.15, -0.1) is 0 Å². The van der Waals surface area contributed by atoms with E-state index in [0.717, 1.165) is 0 Å². The van der Waals surface area contributed by atoms with Crippen molar-refractivity contribution in [2.24, 2.45) is 0 Å². The molecule has 0 aliphatic heterocycles. The summed E-state index contributed by atoms with van der Waals surface area (Å²) >= 11 is 5.95. The number of carbonyl (C=O) groups excluding carboxylic acids is 2. The molecule has 2 aromatic rings. The van der Waals surface area contributed by atoms with E-state index in [1.54, 1.807) is 12.1 Å². The van der Waals surface area contributed by atoms with Gasteiger partial charge in [0.05, 0.1) is 29.4 Å². The predicted molar refractivity (Wildman–Crippen MR) is 108 cm³/mol. The van der Waals surface area contributed by atoms with Crippen LogP contribution in [0.5, 0.6) is 11.5 Å². The summed E-state index contributed by atoms with van der Waals surface area (Å²) in [5.74, 6) is -0.257. The second-order valence-electron chi connectivity index (χ2n) is 5.87. The van der Waals surface area contributed by atoms with Gasteiger partial charge in [-0.25, -0.2) is 4.79 Å². The Labute approximate surface area is 174 Å². The van der Waals surface area contributed by atoms with Gasteiger partial charge in [-0.1, -0.05) is 11.6 Å². The molecule has 0 spiro atoms. The summed E-state index contributed by atoms with van der Waals surface area (Å²) < 4.78 is 16.2. The van der Waals surface area contributed by atoms with Crippen molar-refractivity contribution in [1.82, 2.24) is 0 Å². The van der Waals surface area contributed by atoms with E-state index in [2.05, 4.69) is 5.32 Å². The van der Waals surface area contributed by atoms with Crippen molar-refractivity contribution in [3.05, 3.63) is 52.5 Å². The normalized spacial score (nSPS) is 11.1. The molecule has 0 saturated heterocycles. The molecule has 1 atom stereocenters. The largest absolute Gasteiger partial charge is 0.490 e. The fourth-order valence-corrected chi connectivity index (χ4v) is 2.61. The molecule has 1 N–H and O–H groups in total. The van der Waals surface area contributed by atoms with Crippen molar-refractivity contribution in [1.29, 1.82) is 5.26 Å². The number of amides is 1. The maximum absolute atomic E-state index is 12.4. The van der Waals surface area contributed by atoms with Crippen LogP contribution in [0.3, 0.4) is 0 Å². The van der Waals surface area contributed by atoms with Gasteiger partial charge in [0, 0.05) is 5.69 Å². The topological polar surface area (TPSA) is 97.6 Å². The highest BCUT2D eigenvalue weighted by atomic mass is 35.5. The molecule has 1 unspecified atom stereocenters. The lowest BCUT2D eigenvalue weighted by atomic mass is 10.2. The molecular formula is C21H21ClN2O5. The molecule has 8 heteroatoms. The lowest BCUT2D eigenvalue weighted by Gasteiger charge is -2.15. The average Bonchev–Trinajstić information content (AvgIpc) is 2.69. The van der Waals surface area contributed by atoms with Gasteiger partial charge in [-0.2, -0.15) is 5.26 Å². The van der Waals surface area contributed by atoms with Gasteiger partial charge in [-0.3, -0.25) is 4.79 Å². The van der Waals surface area contributed by atoms with Crippen LogP contribution in [0.25, 0.3) is 0 Å². The number of anilines is 1. The minimum Gasteiger partial charge on any atom is -0.490 e. The number of hydrogen-bond donors (Lipinski definition) is 1. The summed E-state index contributed by atoms with van der Waals surface area (Å²) in [5.41, 5.74) is 0.921. The zero-order valence-electron chi connectivity index (χ0n) is 16.3. The average molecular weight is 417 g/mol. The number of rotatable bonds is 8. The number of halogens is 1. The molecule has 2 rings (SSSR count). The Morgan fingerprint density at radius 1 is 1.10 bits per heavy atom. The molecule has 2 aromatic carbocycles. The van der Waals surface area contributed by atoms with E-state index < -0.39 is 18.0 Å². The number of nitrogens with one attached hydrogen (secondary N) is 1. The van der Waals surface area contributed by atoms with E-state index >= 15 is 0 Å². The van der Waals surface area contributed by atoms with E-state index in [-0.39, 0.29) is 10.6 Å². The van der Waals surface area contributed by atoms with E-state index in [0.29, 0.717) is 36.0 Å². The van der Waals surface area contributed by atoms with Crippen LogP contribution < -0.4 is 14.8 Å². The molecular weight excluding hydrogens is 396 g/mol. The van der Waals surface area contributed by atoms with Gasteiger partial charge >= 0.3 is 5.97 Å². The Morgan fingerprint density at radius 2 is 1.79 bits per heavy atom. The van der Waals surface area contributed by atoms with Crippen molar-refractivity contribution in [2.45, 2.75) is 26.9 Å². The molecule has 1 amide bonds. The third-order valence-corrected chi connectivity index (χ3v) is 4.10. The van der Waals surface area contributed by atoms with Gasteiger partial charge in [0.15, 0.2) is 17.6 Å². The Kier molecular flexibility index (Phi) is 7.87. The third-order valence-electron chi connectivity index (χ3n) is 3.79. The first kappa shape index (κ1) is 22.1. The first-order valence-corrected chi connectivity index (χ1v) is 9.38. The number of carbonyl (C=O) groups is 2. The summed E-state index contributed by atoms with van der Waals surface area (Å²) in [7, 11) is 0. The molecule has 0 saturated carbocycles. The van der Waals surface area contributed by atoms with Crippen LogP contribution in [-0.4, -0.2) is 31.2 Å². The number of benzene rings is 2. The zero-order valence-corrected chi connectivity index (χ0v) is 17.1. The Balaban J connectivity index is 2.05. The molecule has 0 aliphatic carbocycles. The van der Waals surface area contributed by atoms with Crippen LogP contribution >= 0.6 is 11.6 Å². The summed E-state index contributed by atoms with van der Waals surface area (Å²) in [4.78, 5) is 24.7. The Bertz CT molecular complexity index is 939. The summed E-state index contributed by atoms with van der Waals surface area (Å²) in [5, 5.41) is 11.7. The van der Waals surface area contributed by atoms with Crippen LogP contribution in [0.4, 0.5) is 5.69 Å². The molecule has 0 heterocycles. The first-order valence-electron chi connectivity index (χ1n) is 9.00. The summed E-state index contributed by atoms with van der Waals surface area (Å²) in [6.07, 6.45) is -1.06.